The molecule has 7 heteroatoms. The lowest BCUT2D eigenvalue weighted by Gasteiger charge is -2.12. The van der Waals surface area contributed by atoms with Crippen molar-refractivity contribution in [2.24, 2.45) is 0 Å². The monoisotopic (exact) mass is 460 g/mol. The van der Waals surface area contributed by atoms with Gasteiger partial charge in [0, 0.05) is 5.56 Å². The number of Topliss-reactive ketones (excluding diaryl/α,β-unsaturated/α-hetero) is 1. The van der Waals surface area contributed by atoms with Crippen molar-refractivity contribution in [1.82, 2.24) is 0 Å². The Morgan fingerprint density at radius 2 is 1.62 bits per heavy atom. The fourth-order valence-electron chi connectivity index (χ4n) is 3.63. The molecule has 0 saturated carbocycles. The van der Waals surface area contributed by atoms with Gasteiger partial charge in [-0.15, -0.1) is 0 Å². The fraction of sp³-hybridized carbons (Fsp3) is 0.185. The Bertz CT molecular complexity index is 1270. The van der Waals surface area contributed by atoms with E-state index < -0.39 is 0 Å². The summed E-state index contributed by atoms with van der Waals surface area (Å²) in [5, 5.41) is 0. The lowest BCUT2D eigenvalue weighted by atomic mass is 10.1. The van der Waals surface area contributed by atoms with Gasteiger partial charge in [0.15, 0.2) is 17.3 Å². The van der Waals surface area contributed by atoms with Crippen molar-refractivity contribution in [3.8, 4) is 23.0 Å². The number of rotatable bonds is 7. The Balaban J connectivity index is 1.52. The number of carbonyl (C=O) groups excluding carboxylic acids is 2. The molecule has 0 bridgehead atoms. The van der Waals surface area contributed by atoms with Crippen molar-refractivity contribution in [2.75, 3.05) is 21.3 Å². The number of fused-ring (bicyclic) bond motifs is 1. The van der Waals surface area contributed by atoms with Crippen molar-refractivity contribution in [3.05, 3.63) is 88.2 Å². The molecule has 1 heterocycles. The summed E-state index contributed by atoms with van der Waals surface area (Å²) in [5.41, 5.74) is 3.32. The second kappa shape index (κ2) is 9.70. The van der Waals surface area contributed by atoms with Crippen LogP contribution in [0.1, 0.15) is 37.4 Å². The largest absolute Gasteiger partial charge is 0.493 e. The summed E-state index contributed by atoms with van der Waals surface area (Å²) < 4.78 is 27.2. The van der Waals surface area contributed by atoms with Crippen LogP contribution in [0.2, 0.25) is 0 Å². The fourth-order valence-corrected chi connectivity index (χ4v) is 3.63. The molecule has 0 spiro atoms. The molecule has 0 atom stereocenters. The summed E-state index contributed by atoms with van der Waals surface area (Å²) in [4.78, 5) is 24.5. The molecule has 3 aromatic rings. The minimum Gasteiger partial charge on any atom is -0.493 e. The Morgan fingerprint density at radius 1 is 0.912 bits per heavy atom. The lowest BCUT2D eigenvalue weighted by molar-refractivity contribution is 0.0600. The molecule has 0 unspecified atom stereocenters. The van der Waals surface area contributed by atoms with Crippen LogP contribution in [0, 0.1) is 6.92 Å². The van der Waals surface area contributed by atoms with Gasteiger partial charge >= 0.3 is 5.97 Å². The Labute approximate surface area is 197 Å². The first kappa shape index (κ1) is 22.9. The van der Waals surface area contributed by atoms with Crippen LogP contribution in [0.5, 0.6) is 23.0 Å². The third kappa shape index (κ3) is 4.45. The van der Waals surface area contributed by atoms with Gasteiger partial charge in [-0.25, -0.2) is 4.79 Å². The van der Waals surface area contributed by atoms with Gasteiger partial charge in [0.25, 0.3) is 0 Å². The Kier molecular flexibility index (Phi) is 6.54. The third-order valence-electron chi connectivity index (χ3n) is 5.51. The number of ketones is 1. The first-order valence-corrected chi connectivity index (χ1v) is 10.5. The van der Waals surface area contributed by atoms with Crippen LogP contribution < -0.4 is 18.9 Å². The van der Waals surface area contributed by atoms with E-state index in [1.807, 2.05) is 13.0 Å². The maximum absolute atomic E-state index is 12.9. The van der Waals surface area contributed by atoms with Crippen LogP contribution in [0.3, 0.4) is 0 Å². The van der Waals surface area contributed by atoms with Gasteiger partial charge in [-0.1, -0.05) is 18.2 Å². The number of allylic oxidation sites excluding steroid dienone is 1. The van der Waals surface area contributed by atoms with Crippen LogP contribution in [-0.2, 0) is 11.3 Å². The van der Waals surface area contributed by atoms with E-state index in [4.69, 9.17) is 23.7 Å². The van der Waals surface area contributed by atoms with E-state index >= 15 is 0 Å². The highest BCUT2D eigenvalue weighted by Crippen LogP contribution is 2.40. The minimum absolute atomic E-state index is 0.196. The predicted molar refractivity (Wildman–Crippen MR) is 126 cm³/mol. The highest BCUT2D eigenvalue weighted by Gasteiger charge is 2.30. The van der Waals surface area contributed by atoms with E-state index in [0.717, 1.165) is 16.7 Å². The molecule has 1 aliphatic rings. The van der Waals surface area contributed by atoms with Gasteiger partial charge in [0.05, 0.1) is 32.5 Å². The summed E-state index contributed by atoms with van der Waals surface area (Å²) in [5.74, 6) is 1.89. The number of methoxy groups -OCH3 is 3. The van der Waals surface area contributed by atoms with Gasteiger partial charge in [0.1, 0.15) is 18.1 Å². The molecule has 0 aromatic heterocycles. The molecule has 34 heavy (non-hydrogen) atoms. The number of hydrogen-bond acceptors (Lipinski definition) is 7. The number of esters is 1. The second-order valence-corrected chi connectivity index (χ2v) is 7.60. The molecule has 0 aliphatic carbocycles. The van der Waals surface area contributed by atoms with Crippen molar-refractivity contribution >= 4 is 17.8 Å². The molecule has 0 fully saturated rings. The SMILES string of the molecule is COC(=O)c1ccc(COc2ccc3c(c2C)O/C(=C\c2ccc(OC)c(OC)c2)C3=O)cc1. The van der Waals surface area contributed by atoms with Gasteiger partial charge < -0.3 is 23.7 Å². The number of benzene rings is 3. The molecule has 0 N–H and O–H groups in total. The van der Waals surface area contributed by atoms with E-state index in [1.165, 1.54) is 7.11 Å². The molecular formula is C27H24O7. The van der Waals surface area contributed by atoms with Crippen LogP contribution in [0.4, 0.5) is 0 Å². The van der Waals surface area contributed by atoms with Gasteiger partial charge in [-0.05, 0) is 60.5 Å². The highest BCUT2D eigenvalue weighted by atomic mass is 16.5. The zero-order chi connectivity index (χ0) is 24.2. The van der Waals surface area contributed by atoms with Gasteiger partial charge in [-0.3, -0.25) is 4.79 Å². The van der Waals surface area contributed by atoms with E-state index in [0.29, 0.717) is 40.7 Å². The molecule has 0 radical (unpaired) electrons. The number of hydrogen-bond donors (Lipinski definition) is 0. The molecule has 0 amide bonds. The summed E-state index contributed by atoms with van der Waals surface area (Å²) in [7, 11) is 4.47. The van der Waals surface area contributed by atoms with Crippen molar-refractivity contribution < 1.29 is 33.3 Å². The first-order valence-electron chi connectivity index (χ1n) is 10.5. The lowest BCUT2D eigenvalue weighted by Crippen LogP contribution is -2.02. The molecule has 1 aliphatic heterocycles. The zero-order valence-corrected chi connectivity index (χ0v) is 19.3. The number of carbonyl (C=O) groups is 2. The van der Waals surface area contributed by atoms with Crippen LogP contribution in [0.15, 0.2) is 60.4 Å². The van der Waals surface area contributed by atoms with Gasteiger partial charge in [0.2, 0.25) is 5.78 Å². The smallest absolute Gasteiger partial charge is 0.337 e. The quantitative estimate of drug-likeness (QED) is 0.363. The first-order chi connectivity index (χ1) is 16.4. The summed E-state index contributed by atoms with van der Waals surface area (Å²) >= 11 is 0. The molecular weight excluding hydrogens is 436 g/mol. The zero-order valence-electron chi connectivity index (χ0n) is 19.3. The standard InChI is InChI=1S/C27H24O7/c1-16-21(33-15-17-5-8-19(9-6-17)27(29)32-4)12-10-20-25(28)24(34-26(16)20)14-18-7-11-22(30-2)23(13-18)31-3/h5-14H,15H2,1-4H3/b24-14-. The predicted octanol–water partition coefficient (Wildman–Crippen LogP) is 4.99. The second-order valence-electron chi connectivity index (χ2n) is 7.60. The molecule has 7 nitrogen and oxygen atoms in total. The van der Waals surface area contributed by atoms with Gasteiger partial charge in [-0.2, -0.15) is 0 Å². The maximum Gasteiger partial charge on any atom is 0.337 e. The normalized spacial score (nSPS) is 13.3. The minimum atomic E-state index is -0.388. The summed E-state index contributed by atoms with van der Waals surface area (Å²) in [6.07, 6.45) is 1.67. The van der Waals surface area contributed by atoms with Crippen LogP contribution in [-0.4, -0.2) is 33.1 Å². The average Bonchev–Trinajstić information content (AvgIpc) is 3.19. The van der Waals surface area contributed by atoms with Crippen LogP contribution >= 0.6 is 0 Å². The van der Waals surface area contributed by atoms with Crippen molar-refractivity contribution in [3.63, 3.8) is 0 Å². The maximum atomic E-state index is 12.9. The number of ether oxygens (including phenoxy) is 5. The molecule has 3 aromatic carbocycles. The summed E-state index contributed by atoms with van der Waals surface area (Å²) in [6, 6.07) is 15.8. The van der Waals surface area contributed by atoms with Crippen LogP contribution in [0.25, 0.3) is 6.08 Å². The summed E-state index contributed by atoms with van der Waals surface area (Å²) in [6.45, 7) is 2.14. The molecule has 174 valence electrons. The Hall–Kier alpha value is -4.26. The van der Waals surface area contributed by atoms with E-state index in [2.05, 4.69) is 0 Å². The topological polar surface area (TPSA) is 80.3 Å². The third-order valence-corrected chi connectivity index (χ3v) is 5.51. The molecule has 0 saturated heterocycles. The Morgan fingerprint density at radius 3 is 2.29 bits per heavy atom. The average molecular weight is 460 g/mol. The van der Waals surface area contributed by atoms with Crippen molar-refractivity contribution in [1.29, 1.82) is 0 Å². The van der Waals surface area contributed by atoms with Crippen molar-refractivity contribution in [2.45, 2.75) is 13.5 Å². The molecule has 4 rings (SSSR count). The van der Waals surface area contributed by atoms with E-state index in [9.17, 15) is 9.59 Å². The van der Waals surface area contributed by atoms with E-state index in [-0.39, 0.29) is 17.5 Å². The van der Waals surface area contributed by atoms with E-state index in [1.54, 1.807) is 68.8 Å². The highest BCUT2D eigenvalue weighted by molar-refractivity contribution is 6.15.